The Morgan fingerprint density at radius 1 is 0.694 bits per heavy atom. The van der Waals surface area contributed by atoms with Gasteiger partial charge in [0.1, 0.15) is 40.7 Å². The third-order valence-corrected chi connectivity index (χ3v) is 13.3. The van der Waals surface area contributed by atoms with Gasteiger partial charge in [-0.1, -0.05) is 50.8 Å². The van der Waals surface area contributed by atoms with Gasteiger partial charge in [-0.3, -0.25) is 42.1 Å². The number of ether oxygens (including phenoxy) is 7. The average Bonchev–Trinajstić information content (AvgIpc) is 1.64. The number of aliphatic hydroxyl groups is 1. The van der Waals surface area contributed by atoms with Crippen molar-refractivity contribution in [3.8, 4) is 18.2 Å². The first-order chi connectivity index (χ1) is 51.8. The van der Waals surface area contributed by atoms with Crippen LogP contribution >= 0.6 is 48.0 Å². The number of nitriles is 3. The number of imide groups is 1. The Bertz CT molecular complexity index is 4320. The number of hydrogen-bond acceptors (Lipinski definition) is 27. The number of nitrogens with zero attached hydrogens (tertiary/aromatic N) is 17. The Labute approximate surface area is 666 Å². The van der Waals surface area contributed by atoms with Crippen LogP contribution in [0, 0.1) is 50.7 Å². The molecule has 10 heterocycles. The molecule has 0 bridgehead atoms. The summed E-state index contributed by atoms with van der Waals surface area (Å²) in [6.45, 7) is 34.8. The summed E-state index contributed by atoms with van der Waals surface area (Å²) in [5.41, 5.74) is 20.3. The summed E-state index contributed by atoms with van der Waals surface area (Å²) in [6.07, 6.45) is 26.0. The summed E-state index contributed by atoms with van der Waals surface area (Å²) in [6, 6.07) is 5.28. The van der Waals surface area contributed by atoms with Crippen molar-refractivity contribution in [1.82, 2.24) is 76.1 Å². The highest BCUT2D eigenvalue weighted by molar-refractivity contribution is 9.09. The molecule has 1 aliphatic rings. The zero-order valence-corrected chi connectivity index (χ0v) is 67.9. The number of fused-ring (bicyclic) bond motifs is 3. The Balaban J connectivity index is 0. The van der Waals surface area contributed by atoms with E-state index in [4.69, 9.17) is 78.8 Å². The number of imidazole rings is 9. The van der Waals surface area contributed by atoms with Crippen molar-refractivity contribution in [3.05, 3.63) is 138 Å². The predicted octanol–water partition coefficient (Wildman–Crippen LogP) is 9.10. The van der Waals surface area contributed by atoms with E-state index in [0.29, 0.717) is 80.7 Å². The lowest BCUT2D eigenvalue weighted by Crippen LogP contribution is -2.29. The van der Waals surface area contributed by atoms with Crippen LogP contribution in [0.4, 0.5) is 23.7 Å². The topological polar surface area (TPSA) is 577 Å². The maximum atomic E-state index is 11.8. The molecule has 0 saturated carbocycles. The number of allylic oxidation sites excluding steroid dienone is 1. The summed E-state index contributed by atoms with van der Waals surface area (Å²) in [5.74, 6) is 0.913. The molecule has 1 saturated heterocycles. The third-order valence-electron chi connectivity index (χ3n) is 11.4. The predicted molar refractivity (Wildman–Crippen MR) is 418 cm³/mol. The number of nitrogens with one attached hydrogen (secondary N) is 4. The van der Waals surface area contributed by atoms with Crippen molar-refractivity contribution in [2.24, 2.45) is 11.5 Å². The second-order valence-corrected chi connectivity index (χ2v) is 25.8. The van der Waals surface area contributed by atoms with E-state index >= 15 is 0 Å². The summed E-state index contributed by atoms with van der Waals surface area (Å²) in [7, 11) is 0. The van der Waals surface area contributed by atoms with Gasteiger partial charge in [0.05, 0.1) is 83.7 Å². The fourth-order valence-electron chi connectivity index (χ4n) is 7.34. The number of aromatic nitrogens is 15. The van der Waals surface area contributed by atoms with Gasteiger partial charge >= 0.3 is 17.9 Å². The standard InChI is InChI=1S/C12H16N4O3.C10H16N4O2.C7H12BrNO2.C6H11BrO2.C6H6N4O.C6H4N4.C5H7NO.C4H4BrNO2.C4H10O.C3H3N3O2.C3H5N3.CH4/c1-12(2,3)19-9(17)7-15-6-8(10(13)18)16-5-4-14-11(15)16;1-3-15-9(16-4-2)8(7-11)14-6-5-13-10(14)12;1-3-10-7(11-4-2)6(8)5-9;1-6(2,3)9-5(8)4-7;7-5(11)4-3-9-6-8-1-2-10(4)6;1-7-5-4-9-6-8-2-3-10(5)6;1-2-7-5-3-4-6;5-6-3(7)1-2-4(6)8;1-4(2,3)5;7-6(8)3-4-1-2-5-3;4-3-5-1-2-6-3;/h4-6H,7H2,1-3H3,(H2,13,18);5-6,8-9H,3-4H2,1-2H3,(H2,12,13);6-7H,3-4H2,1-2H3;4H2,1-3H3;1-3H,(H2,7,11)(H,8,9);2-4H,(H,8,9);3,5H,2H2,1H3;1-2H2;5H,1-3H3;1-2H,(H,4,5);1-2H,(H3,4,5,6);1H4/b;;;;;;5-3+;;;;;. The summed E-state index contributed by atoms with van der Waals surface area (Å²) in [4.78, 5) is 111. The molecule has 9 aromatic rings. The zero-order chi connectivity index (χ0) is 83.7. The number of amides is 4. The molecule has 2 atom stereocenters. The van der Waals surface area contributed by atoms with Crippen LogP contribution in [0.15, 0.2) is 105 Å². The van der Waals surface area contributed by atoms with Crippen LogP contribution in [0.2, 0.25) is 0 Å². The van der Waals surface area contributed by atoms with Gasteiger partial charge in [0.2, 0.25) is 29.3 Å². The number of halogens is 3. The molecule has 9 aromatic heterocycles. The summed E-state index contributed by atoms with van der Waals surface area (Å²) < 4.78 is 44.7. The molecule has 44 heteroatoms. The van der Waals surface area contributed by atoms with E-state index in [1.165, 1.54) is 63.1 Å². The fraction of sp³-hybridized carbons (Fsp3) is 0.463. The van der Waals surface area contributed by atoms with Gasteiger partial charge in [-0.25, -0.2) is 38.2 Å². The first-order valence-corrected chi connectivity index (χ1v) is 35.5. The number of alkyl halides is 2. The molecule has 0 spiro atoms. The number of carbonyl (C=O) groups is 6. The lowest BCUT2D eigenvalue weighted by molar-refractivity contribution is -0.393. The number of anilines is 2. The number of hydrogen-bond donors (Lipinski definition) is 9. The van der Waals surface area contributed by atoms with Crippen molar-refractivity contribution in [3.63, 3.8) is 0 Å². The van der Waals surface area contributed by atoms with Crippen molar-refractivity contribution in [2.75, 3.05) is 49.8 Å². The third kappa shape index (κ3) is 42.3. The minimum absolute atomic E-state index is 0. The van der Waals surface area contributed by atoms with E-state index < -0.39 is 52.5 Å². The fourth-order valence-corrected chi connectivity index (χ4v) is 8.12. The largest absolute Gasteiger partial charge is 0.501 e. The van der Waals surface area contributed by atoms with Crippen molar-refractivity contribution < 1.29 is 72.0 Å². The number of esters is 2. The van der Waals surface area contributed by atoms with Crippen molar-refractivity contribution >= 4 is 125 Å². The Kier molecular flexibility index (Phi) is 49.7. The van der Waals surface area contributed by atoms with E-state index in [0.717, 1.165) is 3.93 Å². The van der Waals surface area contributed by atoms with Crippen molar-refractivity contribution in [2.45, 2.75) is 164 Å². The first-order valence-electron chi connectivity index (χ1n) is 32.7. The normalized spacial score (nSPS) is 11.6. The lowest BCUT2D eigenvalue weighted by Gasteiger charge is -2.22. The smallest absolute Gasteiger partial charge is 0.432 e. The second kappa shape index (κ2) is 54.3. The van der Waals surface area contributed by atoms with Gasteiger partial charge in [-0.15, -0.1) is 0 Å². The van der Waals surface area contributed by atoms with Gasteiger partial charge in [-0.2, -0.15) is 15.8 Å². The molecule has 0 aliphatic carbocycles. The van der Waals surface area contributed by atoms with E-state index in [9.17, 15) is 38.9 Å². The highest BCUT2D eigenvalue weighted by atomic mass is 79.9. The van der Waals surface area contributed by atoms with E-state index in [1.54, 1.807) is 112 Å². The molecule has 13 N–H and O–H groups in total. The van der Waals surface area contributed by atoms with Gasteiger partial charge in [0.25, 0.3) is 23.4 Å². The number of nitrogen functional groups attached to an aromatic ring is 2. The molecule has 4 amide bonds. The lowest BCUT2D eigenvalue weighted by atomic mass is 10.2. The number of primary amides is 2. The zero-order valence-electron chi connectivity index (χ0n) is 63.1. The van der Waals surface area contributed by atoms with Gasteiger partial charge in [0, 0.05) is 101 Å². The molecular formula is C67H98Br3N25O16. The summed E-state index contributed by atoms with van der Waals surface area (Å²) in [5, 5.41) is 44.1. The Morgan fingerprint density at radius 3 is 1.58 bits per heavy atom. The monoisotopic (exact) mass is 1750 g/mol. The Morgan fingerprint density at radius 2 is 1.20 bits per heavy atom. The minimum Gasteiger partial charge on any atom is -0.501 e. The highest BCUT2D eigenvalue weighted by Gasteiger charge is 2.27. The van der Waals surface area contributed by atoms with E-state index in [-0.39, 0.29) is 65.1 Å². The number of rotatable bonds is 19. The molecule has 10 rings (SSSR count). The molecule has 111 heavy (non-hydrogen) atoms. The quantitative estimate of drug-likeness (QED) is 0.00348. The van der Waals surface area contributed by atoms with Crippen LogP contribution in [-0.2, 0) is 58.9 Å². The molecule has 0 radical (unpaired) electrons. The van der Waals surface area contributed by atoms with Crippen LogP contribution in [0.3, 0.4) is 0 Å². The van der Waals surface area contributed by atoms with Crippen LogP contribution in [-0.4, -0.2) is 194 Å². The molecule has 2 unspecified atom stereocenters. The van der Waals surface area contributed by atoms with Crippen LogP contribution in [0.5, 0.6) is 0 Å². The van der Waals surface area contributed by atoms with Crippen molar-refractivity contribution in [1.29, 1.82) is 15.8 Å². The number of nitro groups is 1. The first kappa shape index (κ1) is 102. The Hall–Kier alpha value is -11.4. The van der Waals surface area contributed by atoms with E-state index in [1.807, 2.05) is 61.5 Å². The summed E-state index contributed by atoms with van der Waals surface area (Å²) >= 11 is 8.93. The number of aromatic amines is 4. The highest BCUT2D eigenvalue weighted by Crippen LogP contribution is 2.20. The number of carbonyl (C=O) groups excluding carboxylic acids is 6. The number of nitrogens with two attached hydrogens (primary N) is 4. The van der Waals surface area contributed by atoms with Gasteiger partial charge in [-0.05, 0) is 102 Å². The molecule has 41 nitrogen and oxygen atoms in total. The van der Waals surface area contributed by atoms with Crippen LogP contribution in [0.1, 0.15) is 144 Å². The number of H-pyrrole nitrogens is 4. The molecule has 1 fully saturated rings. The van der Waals surface area contributed by atoms with Gasteiger partial charge < -0.3 is 95.7 Å². The molecular weight excluding hydrogens is 1650 g/mol. The second-order valence-electron chi connectivity index (χ2n) is 23.6. The van der Waals surface area contributed by atoms with Crippen LogP contribution < -0.4 is 22.9 Å². The molecule has 0 aromatic carbocycles. The molecule has 1 aliphatic heterocycles. The average molecular weight is 1750 g/mol. The van der Waals surface area contributed by atoms with Gasteiger partial charge in [0.15, 0.2) is 29.4 Å². The minimum atomic E-state index is -0.628. The SMILES string of the molecule is C.CC(C)(C)O.CC(C)(C)OC(=O)CBr.CC(C)(C)OC(=O)Cn1cc(C(N)=O)n2ccnc12.CCO/C=C/C#N.CCOC(OCC)C(Br)C#N.CCOC(OCC)C(C#N)n1ccnc1N.NC(=O)c1cnc2[nH]ccn12.Nc1ncc[nH]1.O=C1CCC(=O)N1Br.O=[N+]([O-])c1ncc[nH]1.[C-]#[N+]c1cnc2[nH]ccn12. The molecule has 608 valence electrons. The maximum Gasteiger partial charge on any atom is 0.432 e. The maximum absolute atomic E-state index is 11.8. The van der Waals surface area contributed by atoms with E-state index in [2.05, 4.69) is 113 Å². The van der Waals surface area contributed by atoms with Crippen LogP contribution in [0.25, 0.3) is 22.2 Å².